The molecule has 0 bridgehead atoms. The van der Waals surface area contributed by atoms with Crippen molar-refractivity contribution in [3.63, 3.8) is 0 Å². The van der Waals surface area contributed by atoms with Gasteiger partial charge >= 0.3 is 0 Å². The van der Waals surface area contributed by atoms with E-state index in [2.05, 4.69) is 69.7 Å². The summed E-state index contributed by atoms with van der Waals surface area (Å²) < 4.78 is 0. The quantitative estimate of drug-likeness (QED) is 0.520. The third-order valence-electron chi connectivity index (χ3n) is 4.84. The molecular formula is C23H23N3O. The summed E-state index contributed by atoms with van der Waals surface area (Å²) in [4.78, 5) is 2.24. The molecule has 27 heavy (non-hydrogen) atoms. The zero-order valence-electron chi connectivity index (χ0n) is 15.2. The van der Waals surface area contributed by atoms with E-state index in [1.807, 2.05) is 24.4 Å². The lowest BCUT2D eigenvalue weighted by molar-refractivity contribution is 0.184. The zero-order valence-corrected chi connectivity index (χ0v) is 15.2. The molecule has 3 aromatic carbocycles. The number of benzene rings is 3. The van der Waals surface area contributed by atoms with Gasteiger partial charge in [-0.3, -0.25) is 10.00 Å². The van der Waals surface area contributed by atoms with E-state index in [4.69, 9.17) is 0 Å². The van der Waals surface area contributed by atoms with Gasteiger partial charge in [0.2, 0.25) is 0 Å². The van der Waals surface area contributed by atoms with Crippen molar-refractivity contribution >= 4 is 10.8 Å². The van der Waals surface area contributed by atoms with Gasteiger partial charge in [-0.15, -0.1) is 0 Å². The van der Waals surface area contributed by atoms with Crippen LogP contribution in [-0.4, -0.2) is 33.4 Å². The summed E-state index contributed by atoms with van der Waals surface area (Å²) in [5.74, 6) is 0. The number of H-pyrrole nitrogens is 1. The Morgan fingerprint density at radius 3 is 2.48 bits per heavy atom. The average molecular weight is 357 g/mol. The van der Waals surface area contributed by atoms with Crippen molar-refractivity contribution < 1.29 is 5.11 Å². The summed E-state index contributed by atoms with van der Waals surface area (Å²) in [5, 5.41) is 19.4. The van der Waals surface area contributed by atoms with Gasteiger partial charge in [0, 0.05) is 30.8 Å². The molecule has 1 aromatic heterocycles. The fraction of sp³-hybridized carbons (Fsp3) is 0.174. The van der Waals surface area contributed by atoms with Crippen molar-refractivity contribution in [2.24, 2.45) is 0 Å². The van der Waals surface area contributed by atoms with Crippen molar-refractivity contribution in [3.05, 3.63) is 90.1 Å². The van der Waals surface area contributed by atoms with Crippen molar-refractivity contribution in [2.75, 3.05) is 13.2 Å². The molecule has 0 saturated carbocycles. The highest BCUT2D eigenvalue weighted by Crippen LogP contribution is 2.30. The number of aliphatic hydroxyl groups is 1. The molecule has 0 unspecified atom stereocenters. The first-order valence-electron chi connectivity index (χ1n) is 9.22. The third-order valence-corrected chi connectivity index (χ3v) is 4.84. The molecule has 0 aliphatic rings. The normalized spacial score (nSPS) is 11.3. The lowest BCUT2D eigenvalue weighted by Gasteiger charge is -2.21. The highest BCUT2D eigenvalue weighted by atomic mass is 16.3. The standard InChI is InChI=1S/C23H23N3O/c27-14-13-26(16-18-7-2-1-3-8-18)17-20-15-24-25-23(20)22-12-6-10-19-9-4-5-11-21(19)22/h1-12,15,27H,13-14,16-17H2,(H,24,25). The fourth-order valence-corrected chi connectivity index (χ4v) is 3.55. The smallest absolute Gasteiger partial charge is 0.0701 e. The Morgan fingerprint density at radius 2 is 1.63 bits per heavy atom. The number of hydrogen-bond donors (Lipinski definition) is 2. The molecule has 0 aliphatic heterocycles. The highest BCUT2D eigenvalue weighted by molar-refractivity contribution is 5.96. The lowest BCUT2D eigenvalue weighted by Crippen LogP contribution is -2.26. The molecular weight excluding hydrogens is 334 g/mol. The summed E-state index contributed by atoms with van der Waals surface area (Å²) in [6, 6.07) is 25.1. The third kappa shape index (κ3) is 3.92. The van der Waals surface area contributed by atoms with E-state index >= 15 is 0 Å². The van der Waals surface area contributed by atoms with Gasteiger partial charge in [0.1, 0.15) is 0 Å². The van der Waals surface area contributed by atoms with Crippen LogP contribution in [0.5, 0.6) is 0 Å². The Morgan fingerprint density at radius 1 is 0.852 bits per heavy atom. The summed E-state index contributed by atoms with van der Waals surface area (Å²) in [6.07, 6.45) is 1.90. The first kappa shape index (κ1) is 17.5. The number of fused-ring (bicyclic) bond motifs is 1. The van der Waals surface area contributed by atoms with Crippen LogP contribution in [0.1, 0.15) is 11.1 Å². The number of aromatic amines is 1. The first-order chi connectivity index (χ1) is 13.3. The molecule has 0 fully saturated rings. The van der Waals surface area contributed by atoms with E-state index in [1.165, 1.54) is 16.3 Å². The van der Waals surface area contributed by atoms with Crippen LogP contribution in [0.3, 0.4) is 0 Å². The average Bonchev–Trinajstić information content (AvgIpc) is 3.16. The van der Waals surface area contributed by atoms with Crippen molar-refractivity contribution in [2.45, 2.75) is 13.1 Å². The van der Waals surface area contributed by atoms with Crippen molar-refractivity contribution in [1.82, 2.24) is 15.1 Å². The van der Waals surface area contributed by atoms with Crippen LogP contribution < -0.4 is 0 Å². The predicted octanol–water partition coefficient (Wildman–Crippen LogP) is 4.22. The van der Waals surface area contributed by atoms with Crippen LogP contribution in [0.4, 0.5) is 0 Å². The topological polar surface area (TPSA) is 52.1 Å². The van der Waals surface area contributed by atoms with Crippen LogP contribution in [-0.2, 0) is 13.1 Å². The van der Waals surface area contributed by atoms with Crippen LogP contribution >= 0.6 is 0 Å². The van der Waals surface area contributed by atoms with Gasteiger partial charge in [0.05, 0.1) is 18.5 Å². The Labute approximate surface area is 159 Å². The Bertz CT molecular complexity index is 1010. The molecule has 1 heterocycles. The summed E-state index contributed by atoms with van der Waals surface area (Å²) in [7, 11) is 0. The van der Waals surface area contributed by atoms with Gasteiger partial charge < -0.3 is 5.11 Å². The minimum Gasteiger partial charge on any atom is -0.395 e. The monoisotopic (exact) mass is 357 g/mol. The van der Waals surface area contributed by atoms with Gasteiger partial charge in [-0.25, -0.2) is 0 Å². The fourth-order valence-electron chi connectivity index (χ4n) is 3.55. The number of nitrogens with zero attached hydrogens (tertiary/aromatic N) is 2. The van der Waals surface area contributed by atoms with Gasteiger partial charge in [-0.2, -0.15) is 5.10 Å². The van der Waals surface area contributed by atoms with Gasteiger partial charge in [0.25, 0.3) is 0 Å². The molecule has 0 saturated heterocycles. The second-order valence-corrected chi connectivity index (χ2v) is 6.72. The van der Waals surface area contributed by atoms with E-state index in [0.717, 1.165) is 29.9 Å². The van der Waals surface area contributed by atoms with E-state index in [-0.39, 0.29) is 6.61 Å². The maximum absolute atomic E-state index is 9.51. The number of aliphatic hydroxyl groups excluding tert-OH is 1. The minimum absolute atomic E-state index is 0.133. The SMILES string of the molecule is OCCN(Cc1ccccc1)Cc1cn[nH]c1-c1cccc2ccccc12. The molecule has 2 N–H and O–H groups in total. The number of nitrogens with one attached hydrogen (secondary N) is 1. The molecule has 136 valence electrons. The summed E-state index contributed by atoms with van der Waals surface area (Å²) >= 11 is 0. The van der Waals surface area contributed by atoms with Crippen LogP contribution in [0.2, 0.25) is 0 Å². The highest BCUT2D eigenvalue weighted by Gasteiger charge is 2.14. The molecule has 4 nitrogen and oxygen atoms in total. The lowest BCUT2D eigenvalue weighted by atomic mass is 10.00. The van der Waals surface area contributed by atoms with Crippen LogP contribution in [0, 0.1) is 0 Å². The maximum atomic E-state index is 9.51. The first-order valence-corrected chi connectivity index (χ1v) is 9.22. The van der Waals surface area contributed by atoms with E-state index < -0.39 is 0 Å². The van der Waals surface area contributed by atoms with Crippen LogP contribution in [0.25, 0.3) is 22.0 Å². The number of aromatic nitrogens is 2. The molecule has 0 radical (unpaired) electrons. The second-order valence-electron chi connectivity index (χ2n) is 6.72. The van der Waals surface area contributed by atoms with Gasteiger partial charge in [-0.1, -0.05) is 72.8 Å². The largest absolute Gasteiger partial charge is 0.395 e. The summed E-state index contributed by atoms with van der Waals surface area (Å²) in [6.45, 7) is 2.27. The maximum Gasteiger partial charge on any atom is 0.0701 e. The molecule has 4 rings (SSSR count). The second kappa shape index (κ2) is 8.16. The summed E-state index contributed by atoms with van der Waals surface area (Å²) in [5.41, 5.74) is 4.57. The van der Waals surface area contributed by atoms with Crippen molar-refractivity contribution in [1.29, 1.82) is 0 Å². The molecule has 4 heteroatoms. The number of hydrogen-bond acceptors (Lipinski definition) is 3. The molecule has 4 aromatic rings. The van der Waals surface area contributed by atoms with E-state index in [9.17, 15) is 5.11 Å². The Balaban J connectivity index is 1.64. The van der Waals surface area contributed by atoms with Gasteiger partial charge in [-0.05, 0) is 16.3 Å². The predicted molar refractivity (Wildman–Crippen MR) is 109 cm³/mol. The van der Waals surface area contributed by atoms with E-state index in [0.29, 0.717) is 6.54 Å². The van der Waals surface area contributed by atoms with Crippen molar-refractivity contribution in [3.8, 4) is 11.3 Å². The Kier molecular flexibility index (Phi) is 5.28. The molecule has 0 atom stereocenters. The van der Waals surface area contributed by atoms with Gasteiger partial charge in [0.15, 0.2) is 0 Å². The Hall–Kier alpha value is -2.95. The minimum atomic E-state index is 0.133. The zero-order chi connectivity index (χ0) is 18.5. The van der Waals surface area contributed by atoms with Crippen LogP contribution in [0.15, 0.2) is 79.0 Å². The molecule has 0 amide bonds. The number of rotatable bonds is 7. The van der Waals surface area contributed by atoms with E-state index in [1.54, 1.807) is 0 Å². The molecule has 0 aliphatic carbocycles. The molecule has 0 spiro atoms.